The number of benzene rings is 1. The number of halogens is 1. The van der Waals surface area contributed by atoms with Gasteiger partial charge in [0.05, 0.1) is 11.4 Å². The van der Waals surface area contributed by atoms with Gasteiger partial charge in [-0.25, -0.2) is 0 Å². The molecule has 1 N–H and O–H groups in total. The Morgan fingerprint density at radius 2 is 2.04 bits per heavy atom. The quantitative estimate of drug-likeness (QED) is 0.636. The van der Waals surface area contributed by atoms with E-state index in [9.17, 15) is 4.79 Å². The minimum absolute atomic E-state index is 0.103. The van der Waals surface area contributed by atoms with E-state index >= 15 is 0 Å². The molecular formula is C18H19ClN6OS. The van der Waals surface area contributed by atoms with Crippen LogP contribution in [0, 0.1) is 6.92 Å². The van der Waals surface area contributed by atoms with Gasteiger partial charge in [0.2, 0.25) is 5.91 Å². The van der Waals surface area contributed by atoms with Crippen molar-refractivity contribution >= 4 is 35.1 Å². The topological polar surface area (TPSA) is 77.6 Å². The monoisotopic (exact) mass is 402 g/mol. The highest BCUT2D eigenvalue weighted by Gasteiger charge is 2.28. The standard InChI is InChI=1S/C18H19ClN6OS/c1-11-21-22-18(25(11)14-7-8-14)27-10-17(26)20-16-9-15(23-24(16)2)12-3-5-13(19)6-4-12/h3-6,9,14H,7-8,10H2,1-2H3,(H,20,26). The van der Waals surface area contributed by atoms with Gasteiger partial charge in [-0.1, -0.05) is 35.5 Å². The number of aromatic nitrogens is 5. The number of thioether (sulfide) groups is 1. The lowest BCUT2D eigenvalue weighted by atomic mass is 10.1. The summed E-state index contributed by atoms with van der Waals surface area (Å²) >= 11 is 7.34. The molecule has 1 aliphatic carbocycles. The molecule has 1 aromatic carbocycles. The van der Waals surface area contributed by atoms with Crippen LogP contribution in [0.3, 0.4) is 0 Å². The van der Waals surface area contributed by atoms with E-state index in [0.717, 1.165) is 35.1 Å². The van der Waals surface area contributed by atoms with Gasteiger partial charge >= 0.3 is 0 Å². The highest BCUT2D eigenvalue weighted by atomic mass is 35.5. The molecule has 140 valence electrons. The summed E-state index contributed by atoms with van der Waals surface area (Å²) < 4.78 is 3.78. The maximum atomic E-state index is 12.4. The second kappa shape index (κ2) is 7.36. The first-order valence-electron chi connectivity index (χ1n) is 8.65. The van der Waals surface area contributed by atoms with Crippen molar-refractivity contribution in [3.63, 3.8) is 0 Å². The van der Waals surface area contributed by atoms with Crippen LogP contribution in [-0.4, -0.2) is 36.2 Å². The SMILES string of the molecule is Cc1nnc(SCC(=O)Nc2cc(-c3ccc(Cl)cc3)nn2C)n1C1CC1. The summed E-state index contributed by atoms with van der Waals surface area (Å²) in [5, 5.41) is 17.2. The molecule has 7 nitrogen and oxygen atoms in total. The third-order valence-electron chi connectivity index (χ3n) is 4.37. The molecule has 3 aromatic rings. The first kappa shape index (κ1) is 18.1. The van der Waals surface area contributed by atoms with Crippen LogP contribution in [0.4, 0.5) is 5.82 Å². The molecule has 1 saturated carbocycles. The molecule has 0 unspecified atom stereocenters. The summed E-state index contributed by atoms with van der Waals surface area (Å²) in [6.07, 6.45) is 2.31. The fourth-order valence-electron chi connectivity index (χ4n) is 2.86. The minimum Gasteiger partial charge on any atom is -0.310 e. The van der Waals surface area contributed by atoms with Crippen LogP contribution < -0.4 is 5.32 Å². The Morgan fingerprint density at radius 3 is 2.74 bits per heavy atom. The van der Waals surface area contributed by atoms with Crippen LogP contribution in [-0.2, 0) is 11.8 Å². The zero-order valence-electron chi connectivity index (χ0n) is 15.0. The van der Waals surface area contributed by atoms with Gasteiger partial charge in [-0.15, -0.1) is 10.2 Å². The maximum Gasteiger partial charge on any atom is 0.235 e. The number of carbonyl (C=O) groups excluding carboxylic acids is 1. The van der Waals surface area contributed by atoms with Crippen LogP contribution in [0.5, 0.6) is 0 Å². The van der Waals surface area contributed by atoms with E-state index in [0.29, 0.717) is 16.9 Å². The number of aryl methyl sites for hydroxylation is 2. The Labute approximate surface area is 166 Å². The smallest absolute Gasteiger partial charge is 0.235 e. The highest BCUT2D eigenvalue weighted by molar-refractivity contribution is 7.99. The van der Waals surface area contributed by atoms with E-state index in [1.165, 1.54) is 11.8 Å². The Kier molecular flexibility index (Phi) is 4.92. The number of nitrogens with one attached hydrogen (secondary N) is 1. The molecule has 27 heavy (non-hydrogen) atoms. The molecule has 0 aliphatic heterocycles. The first-order chi connectivity index (χ1) is 13.0. The van der Waals surface area contributed by atoms with Crippen LogP contribution >= 0.6 is 23.4 Å². The van der Waals surface area contributed by atoms with Crippen molar-refractivity contribution in [1.29, 1.82) is 0 Å². The van der Waals surface area contributed by atoms with E-state index in [1.54, 1.807) is 11.7 Å². The summed E-state index contributed by atoms with van der Waals surface area (Å²) in [7, 11) is 1.80. The van der Waals surface area contributed by atoms with Crippen molar-refractivity contribution in [3.8, 4) is 11.3 Å². The van der Waals surface area contributed by atoms with Gasteiger partial charge in [0, 0.05) is 29.7 Å². The minimum atomic E-state index is -0.103. The molecule has 2 heterocycles. The average Bonchev–Trinajstić information content (AvgIpc) is 3.32. The first-order valence-corrected chi connectivity index (χ1v) is 10.0. The summed E-state index contributed by atoms with van der Waals surface area (Å²) in [6.45, 7) is 1.95. The van der Waals surface area contributed by atoms with E-state index in [-0.39, 0.29) is 11.7 Å². The molecule has 4 rings (SSSR count). The Morgan fingerprint density at radius 1 is 1.30 bits per heavy atom. The molecule has 1 aliphatic rings. The molecule has 0 atom stereocenters. The van der Waals surface area contributed by atoms with Crippen LogP contribution in [0.1, 0.15) is 24.7 Å². The Balaban J connectivity index is 1.40. The predicted octanol–water partition coefficient (Wildman–Crippen LogP) is 3.71. The Hall–Kier alpha value is -2.32. The normalized spacial score (nSPS) is 13.7. The number of hydrogen-bond donors (Lipinski definition) is 1. The van der Waals surface area contributed by atoms with E-state index in [1.807, 2.05) is 37.3 Å². The number of anilines is 1. The van der Waals surface area contributed by atoms with Gasteiger partial charge in [0.1, 0.15) is 11.6 Å². The zero-order chi connectivity index (χ0) is 19.0. The molecule has 0 saturated heterocycles. The van der Waals surface area contributed by atoms with E-state index in [2.05, 4.69) is 25.2 Å². The summed E-state index contributed by atoms with van der Waals surface area (Å²) in [5.74, 6) is 1.71. The number of carbonyl (C=O) groups is 1. The fourth-order valence-corrected chi connectivity index (χ4v) is 3.83. The lowest BCUT2D eigenvalue weighted by Gasteiger charge is -2.07. The molecule has 0 spiro atoms. The van der Waals surface area contributed by atoms with Crippen LogP contribution in [0.25, 0.3) is 11.3 Å². The predicted molar refractivity (Wildman–Crippen MR) is 106 cm³/mol. The molecule has 0 radical (unpaired) electrons. The van der Waals surface area contributed by atoms with Crippen molar-refractivity contribution in [3.05, 3.63) is 41.2 Å². The van der Waals surface area contributed by atoms with Gasteiger partial charge < -0.3 is 9.88 Å². The summed E-state index contributed by atoms with van der Waals surface area (Å²) in [6, 6.07) is 9.78. The molecule has 1 amide bonds. The summed E-state index contributed by atoms with van der Waals surface area (Å²) in [5.41, 5.74) is 1.72. The third kappa shape index (κ3) is 4.01. The van der Waals surface area contributed by atoms with Crippen molar-refractivity contribution in [2.45, 2.75) is 31.0 Å². The van der Waals surface area contributed by atoms with Crippen LogP contribution in [0.2, 0.25) is 5.02 Å². The van der Waals surface area contributed by atoms with Crippen molar-refractivity contribution in [2.24, 2.45) is 7.05 Å². The molecule has 2 aromatic heterocycles. The highest BCUT2D eigenvalue weighted by Crippen LogP contribution is 2.38. The summed E-state index contributed by atoms with van der Waals surface area (Å²) in [4.78, 5) is 12.4. The van der Waals surface area contributed by atoms with Gasteiger partial charge in [-0.05, 0) is 31.9 Å². The maximum absolute atomic E-state index is 12.4. The van der Waals surface area contributed by atoms with Gasteiger partial charge in [-0.2, -0.15) is 5.10 Å². The van der Waals surface area contributed by atoms with E-state index < -0.39 is 0 Å². The van der Waals surface area contributed by atoms with Gasteiger partial charge in [0.15, 0.2) is 5.16 Å². The molecule has 1 fully saturated rings. The van der Waals surface area contributed by atoms with Gasteiger partial charge in [0.25, 0.3) is 0 Å². The van der Waals surface area contributed by atoms with Gasteiger partial charge in [-0.3, -0.25) is 9.48 Å². The number of amides is 1. The number of hydrogen-bond acceptors (Lipinski definition) is 5. The van der Waals surface area contributed by atoms with Crippen LogP contribution in [0.15, 0.2) is 35.5 Å². The number of nitrogens with zero attached hydrogens (tertiary/aromatic N) is 5. The lowest BCUT2D eigenvalue weighted by Crippen LogP contribution is -2.16. The Bertz CT molecular complexity index is 976. The van der Waals surface area contributed by atoms with Crippen molar-refractivity contribution < 1.29 is 4.79 Å². The second-order valence-electron chi connectivity index (χ2n) is 6.51. The number of rotatable bonds is 6. The molecule has 9 heteroatoms. The molecule has 0 bridgehead atoms. The third-order valence-corrected chi connectivity index (χ3v) is 5.56. The second-order valence-corrected chi connectivity index (χ2v) is 7.89. The van der Waals surface area contributed by atoms with Crippen molar-refractivity contribution in [2.75, 3.05) is 11.1 Å². The fraction of sp³-hybridized carbons (Fsp3) is 0.333. The lowest BCUT2D eigenvalue weighted by molar-refractivity contribution is -0.113. The van der Waals surface area contributed by atoms with E-state index in [4.69, 9.17) is 11.6 Å². The largest absolute Gasteiger partial charge is 0.310 e. The average molecular weight is 403 g/mol. The zero-order valence-corrected chi connectivity index (χ0v) is 16.6. The molecular weight excluding hydrogens is 384 g/mol. The van der Waals surface area contributed by atoms with Crippen molar-refractivity contribution in [1.82, 2.24) is 24.5 Å².